The predicted molar refractivity (Wildman–Crippen MR) is 78.8 cm³/mol. The molecular formula is C15H20N4O. The molecule has 0 spiro atoms. The molecule has 0 saturated heterocycles. The third-order valence-electron chi connectivity index (χ3n) is 2.84. The average molecular weight is 272 g/mol. The van der Waals surface area contributed by atoms with E-state index in [1.807, 2.05) is 25.1 Å². The highest BCUT2D eigenvalue weighted by Crippen LogP contribution is 2.18. The topological polar surface area (TPSA) is 59.9 Å². The molecule has 0 bridgehead atoms. The Bertz CT molecular complexity index is 545. The molecule has 1 atom stereocenters. The van der Waals surface area contributed by atoms with Crippen molar-refractivity contribution in [2.75, 3.05) is 11.9 Å². The van der Waals surface area contributed by atoms with Gasteiger partial charge in [0.15, 0.2) is 0 Å². The van der Waals surface area contributed by atoms with E-state index in [1.165, 1.54) is 0 Å². The van der Waals surface area contributed by atoms with Gasteiger partial charge >= 0.3 is 0 Å². The molecule has 2 rings (SSSR count). The van der Waals surface area contributed by atoms with E-state index in [-0.39, 0.29) is 6.04 Å². The van der Waals surface area contributed by atoms with Crippen LogP contribution in [0, 0.1) is 6.92 Å². The van der Waals surface area contributed by atoms with E-state index in [2.05, 4.69) is 34.1 Å². The second-order valence-corrected chi connectivity index (χ2v) is 4.67. The maximum absolute atomic E-state index is 5.56. The molecule has 2 heterocycles. The molecule has 0 fully saturated rings. The lowest BCUT2D eigenvalue weighted by Crippen LogP contribution is -2.11. The monoisotopic (exact) mass is 272 g/mol. The van der Waals surface area contributed by atoms with Crippen molar-refractivity contribution in [2.45, 2.75) is 33.2 Å². The summed E-state index contributed by atoms with van der Waals surface area (Å²) in [4.78, 5) is 12.8. The maximum Gasteiger partial charge on any atom is 0.226 e. The number of nitrogens with one attached hydrogen (secondary N) is 1. The minimum atomic E-state index is 0.110. The van der Waals surface area contributed by atoms with Crippen LogP contribution in [-0.4, -0.2) is 21.6 Å². The van der Waals surface area contributed by atoms with Crippen molar-refractivity contribution < 1.29 is 4.74 Å². The van der Waals surface area contributed by atoms with E-state index < -0.39 is 0 Å². The Morgan fingerprint density at radius 1 is 1.25 bits per heavy atom. The number of nitrogens with zero attached hydrogens (tertiary/aromatic N) is 3. The van der Waals surface area contributed by atoms with Crippen LogP contribution in [0.4, 0.5) is 5.95 Å². The molecule has 106 valence electrons. The van der Waals surface area contributed by atoms with E-state index in [1.54, 1.807) is 12.4 Å². The lowest BCUT2D eigenvalue weighted by Gasteiger charge is -2.15. The summed E-state index contributed by atoms with van der Waals surface area (Å²) in [5.41, 5.74) is 2.02. The van der Waals surface area contributed by atoms with Gasteiger partial charge in [-0.3, -0.25) is 4.98 Å². The van der Waals surface area contributed by atoms with Crippen molar-refractivity contribution in [3.8, 4) is 5.88 Å². The van der Waals surface area contributed by atoms with Gasteiger partial charge in [0.1, 0.15) is 0 Å². The second-order valence-electron chi connectivity index (χ2n) is 4.67. The molecule has 1 unspecified atom stereocenters. The number of ether oxygens (including phenoxy) is 1. The number of hydrogen-bond acceptors (Lipinski definition) is 5. The van der Waals surface area contributed by atoms with Gasteiger partial charge in [0, 0.05) is 24.2 Å². The van der Waals surface area contributed by atoms with Crippen molar-refractivity contribution in [3.05, 3.63) is 41.9 Å². The molecule has 0 aromatic carbocycles. The summed E-state index contributed by atoms with van der Waals surface area (Å²) in [6, 6.07) is 5.90. The summed E-state index contributed by atoms with van der Waals surface area (Å²) in [7, 11) is 0. The van der Waals surface area contributed by atoms with Gasteiger partial charge in [-0.1, -0.05) is 6.92 Å². The van der Waals surface area contributed by atoms with Gasteiger partial charge < -0.3 is 10.1 Å². The smallest absolute Gasteiger partial charge is 0.226 e. The van der Waals surface area contributed by atoms with E-state index in [0.717, 1.165) is 17.7 Å². The molecule has 2 aromatic rings. The Balaban J connectivity index is 2.10. The van der Waals surface area contributed by atoms with Gasteiger partial charge in [-0.25, -0.2) is 4.98 Å². The van der Waals surface area contributed by atoms with E-state index >= 15 is 0 Å². The van der Waals surface area contributed by atoms with Crippen molar-refractivity contribution >= 4 is 5.95 Å². The second kappa shape index (κ2) is 6.84. The summed E-state index contributed by atoms with van der Waals surface area (Å²) in [6.07, 6.45) is 4.51. The summed E-state index contributed by atoms with van der Waals surface area (Å²) < 4.78 is 5.56. The first-order chi connectivity index (χ1) is 9.69. The maximum atomic E-state index is 5.56. The summed E-state index contributed by atoms with van der Waals surface area (Å²) >= 11 is 0. The Hall–Kier alpha value is -2.17. The number of pyridine rings is 1. The third-order valence-corrected chi connectivity index (χ3v) is 2.84. The third kappa shape index (κ3) is 3.91. The SMILES string of the molecule is CCCOc1cc(C)nc(NC(C)c2ccncc2)n1. The first-order valence-electron chi connectivity index (χ1n) is 6.84. The summed E-state index contributed by atoms with van der Waals surface area (Å²) in [5, 5.41) is 3.29. The highest BCUT2D eigenvalue weighted by molar-refractivity contribution is 5.34. The van der Waals surface area contributed by atoms with Gasteiger partial charge in [-0.2, -0.15) is 4.98 Å². The Morgan fingerprint density at radius 3 is 2.70 bits per heavy atom. The van der Waals surface area contributed by atoms with Gasteiger partial charge in [0.25, 0.3) is 0 Å². The van der Waals surface area contributed by atoms with E-state index in [0.29, 0.717) is 18.4 Å². The van der Waals surface area contributed by atoms with Gasteiger partial charge in [0.2, 0.25) is 11.8 Å². The zero-order valence-electron chi connectivity index (χ0n) is 12.1. The molecular weight excluding hydrogens is 252 g/mol. The molecule has 0 amide bonds. The molecule has 5 nitrogen and oxygen atoms in total. The van der Waals surface area contributed by atoms with Gasteiger partial charge in [-0.05, 0) is 38.0 Å². The fourth-order valence-corrected chi connectivity index (χ4v) is 1.81. The quantitative estimate of drug-likeness (QED) is 0.875. The number of aryl methyl sites for hydroxylation is 1. The van der Waals surface area contributed by atoms with Crippen LogP contribution in [0.3, 0.4) is 0 Å². The fourth-order valence-electron chi connectivity index (χ4n) is 1.81. The lowest BCUT2D eigenvalue weighted by molar-refractivity contribution is 0.305. The fraction of sp³-hybridized carbons (Fsp3) is 0.400. The van der Waals surface area contributed by atoms with Crippen LogP contribution in [0.25, 0.3) is 0 Å². The van der Waals surface area contributed by atoms with Gasteiger partial charge in [-0.15, -0.1) is 0 Å². The normalized spacial score (nSPS) is 11.9. The molecule has 0 radical (unpaired) electrons. The molecule has 5 heteroatoms. The van der Waals surface area contributed by atoms with Crippen LogP contribution in [0.15, 0.2) is 30.6 Å². The number of aromatic nitrogens is 3. The van der Waals surface area contributed by atoms with Crippen LogP contribution in [0.5, 0.6) is 5.88 Å². The van der Waals surface area contributed by atoms with Gasteiger partial charge in [0.05, 0.1) is 12.6 Å². The molecule has 0 aliphatic rings. The molecule has 2 aromatic heterocycles. The van der Waals surface area contributed by atoms with Crippen LogP contribution >= 0.6 is 0 Å². The number of rotatable bonds is 6. The minimum absolute atomic E-state index is 0.110. The lowest BCUT2D eigenvalue weighted by atomic mass is 10.1. The molecule has 20 heavy (non-hydrogen) atoms. The van der Waals surface area contributed by atoms with Crippen LogP contribution in [-0.2, 0) is 0 Å². The standard InChI is InChI=1S/C15H20N4O/c1-4-9-20-14-10-11(2)17-15(19-14)18-12(3)13-5-7-16-8-6-13/h5-8,10,12H,4,9H2,1-3H3,(H,17,18,19). The highest BCUT2D eigenvalue weighted by Gasteiger charge is 2.08. The zero-order chi connectivity index (χ0) is 14.4. The predicted octanol–water partition coefficient (Wildman–Crippen LogP) is 3.14. The molecule has 1 N–H and O–H groups in total. The van der Waals surface area contributed by atoms with Crippen molar-refractivity contribution in [1.82, 2.24) is 15.0 Å². The Labute approximate surface area is 119 Å². The zero-order valence-corrected chi connectivity index (χ0v) is 12.1. The number of hydrogen-bond donors (Lipinski definition) is 1. The molecule has 0 saturated carbocycles. The highest BCUT2D eigenvalue weighted by atomic mass is 16.5. The largest absolute Gasteiger partial charge is 0.478 e. The Kier molecular flexibility index (Phi) is 4.87. The van der Waals surface area contributed by atoms with Crippen molar-refractivity contribution in [2.24, 2.45) is 0 Å². The first-order valence-corrected chi connectivity index (χ1v) is 6.84. The van der Waals surface area contributed by atoms with Crippen LogP contribution in [0.1, 0.15) is 37.6 Å². The summed E-state index contributed by atoms with van der Waals surface area (Å²) in [5.74, 6) is 1.20. The Morgan fingerprint density at radius 2 is 2.00 bits per heavy atom. The van der Waals surface area contributed by atoms with Crippen LogP contribution in [0.2, 0.25) is 0 Å². The number of anilines is 1. The average Bonchev–Trinajstić information content (AvgIpc) is 2.45. The van der Waals surface area contributed by atoms with Crippen molar-refractivity contribution in [3.63, 3.8) is 0 Å². The van der Waals surface area contributed by atoms with Crippen molar-refractivity contribution in [1.29, 1.82) is 0 Å². The van der Waals surface area contributed by atoms with Crippen LogP contribution < -0.4 is 10.1 Å². The minimum Gasteiger partial charge on any atom is -0.478 e. The summed E-state index contributed by atoms with van der Waals surface area (Å²) in [6.45, 7) is 6.73. The van der Waals surface area contributed by atoms with E-state index in [4.69, 9.17) is 4.74 Å². The molecule has 0 aliphatic heterocycles. The van der Waals surface area contributed by atoms with E-state index in [9.17, 15) is 0 Å². The first kappa shape index (κ1) is 14.2. The molecule has 0 aliphatic carbocycles.